The molecule has 6 heteroatoms. The first-order chi connectivity index (χ1) is 11.2. The molecule has 1 N–H and O–H groups in total. The molecule has 6 nitrogen and oxygen atoms in total. The molecule has 3 aliphatic carbocycles. The maximum atomic E-state index is 12.0. The van der Waals surface area contributed by atoms with Crippen LogP contribution < -0.4 is 5.32 Å². The van der Waals surface area contributed by atoms with E-state index in [4.69, 9.17) is 9.47 Å². The van der Waals surface area contributed by atoms with Gasteiger partial charge in [-0.2, -0.15) is 0 Å². The van der Waals surface area contributed by atoms with Crippen molar-refractivity contribution >= 4 is 12.1 Å². The lowest BCUT2D eigenvalue weighted by molar-refractivity contribution is 0.0493. The van der Waals surface area contributed by atoms with Crippen LogP contribution in [0.5, 0.6) is 0 Å². The highest BCUT2D eigenvalue weighted by molar-refractivity contribution is 5.88. The number of rotatable bonds is 3. The summed E-state index contributed by atoms with van der Waals surface area (Å²) >= 11 is 0. The fourth-order valence-corrected chi connectivity index (χ4v) is 3.87. The number of ether oxygens (including phenoxy) is 2. The van der Waals surface area contributed by atoms with E-state index >= 15 is 0 Å². The van der Waals surface area contributed by atoms with Crippen molar-refractivity contribution in [1.82, 2.24) is 10.3 Å². The third-order valence-electron chi connectivity index (χ3n) is 4.92. The second kappa shape index (κ2) is 5.76. The molecule has 3 saturated carbocycles. The van der Waals surface area contributed by atoms with Crippen LogP contribution in [0, 0.1) is 5.92 Å². The maximum absolute atomic E-state index is 12.0. The summed E-state index contributed by atoms with van der Waals surface area (Å²) in [6.45, 7) is 5.57. The molecule has 1 atom stereocenters. The molecule has 1 amide bonds. The van der Waals surface area contributed by atoms with E-state index < -0.39 is 5.60 Å². The predicted octanol–water partition coefficient (Wildman–Crippen LogP) is 2.81. The number of methoxy groups -OCH3 is 1. The highest BCUT2D eigenvalue weighted by atomic mass is 16.6. The van der Waals surface area contributed by atoms with Gasteiger partial charge in [-0.05, 0) is 58.1 Å². The van der Waals surface area contributed by atoms with Gasteiger partial charge in [0, 0.05) is 23.3 Å². The number of alkyl carbamates (subject to hydrolysis) is 1. The first-order valence-corrected chi connectivity index (χ1v) is 8.27. The molecule has 2 bridgehead atoms. The number of carbonyl (C=O) groups is 2. The number of aromatic nitrogens is 1. The van der Waals surface area contributed by atoms with Crippen LogP contribution in [0.15, 0.2) is 18.3 Å². The molecule has 1 aromatic heterocycles. The molecule has 0 spiro atoms. The molecule has 24 heavy (non-hydrogen) atoms. The highest BCUT2D eigenvalue weighted by Crippen LogP contribution is 2.59. The van der Waals surface area contributed by atoms with Gasteiger partial charge in [0.15, 0.2) is 0 Å². The molecule has 0 radical (unpaired) electrons. The zero-order valence-electron chi connectivity index (χ0n) is 14.6. The van der Waals surface area contributed by atoms with Gasteiger partial charge < -0.3 is 14.8 Å². The average Bonchev–Trinajstić information content (AvgIpc) is 2.99. The standard InChI is InChI=1S/C18H24N2O4/c1-17(2,3)24-16(22)20-13-9-18(7-12(13)8-18)14-6-5-11(10-19-14)15(21)23-4/h5-6,10,12-13H,7-9H2,1-4H3,(H,20,22)/t12-,13-,18-/m0/s1. The van der Waals surface area contributed by atoms with Crippen LogP contribution in [0.4, 0.5) is 4.79 Å². The fourth-order valence-electron chi connectivity index (χ4n) is 3.87. The molecule has 3 fully saturated rings. The second-order valence-electron chi connectivity index (χ2n) is 7.83. The van der Waals surface area contributed by atoms with Crippen LogP contribution in [-0.4, -0.2) is 35.8 Å². The van der Waals surface area contributed by atoms with Crippen LogP contribution in [-0.2, 0) is 14.9 Å². The highest BCUT2D eigenvalue weighted by Gasteiger charge is 2.58. The third-order valence-corrected chi connectivity index (χ3v) is 4.92. The number of hydrogen-bond acceptors (Lipinski definition) is 5. The average molecular weight is 332 g/mol. The van der Waals surface area contributed by atoms with E-state index in [0.717, 1.165) is 25.0 Å². The molecule has 3 aliphatic rings. The Kier molecular flexibility index (Phi) is 4.01. The lowest BCUT2D eigenvalue weighted by atomic mass is 9.67. The quantitative estimate of drug-likeness (QED) is 0.861. The third kappa shape index (κ3) is 3.09. The fraction of sp³-hybridized carbons (Fsp3) is 0.611. The number of nitrogens with zero attached hydrogens (tertiary/aromatic N) is 1. The van der Waals surface area contributed by atoms with E-state index in [0.29, 0.717) is 11.5 Å². The largest absolute Gasteiger partial charge is 0.465 e. The summed E-state index contributed by atoms with van der Waals surface area (Å²) in [6, 6.07) is 3.78. The molecule has 0 aromatic carbocycles. The number of amides is 1. The maximum Gasteiger partial charge on any atom is 0.407 e. The van der Waals surface area contributed by atoms with Crippen LogP contribution in [0.3, 0.4) is 0 Å². The van der Waals surface area contributed by atoms with Crippen molar-refractivity contribution in [1.29, 1.82) is 0 Å². The van der Waals surface area contributed by atoms with Crippen LogP contribution in [0.1, 0.15) is 56.1 Å². The molecule has 130 valence electrons. The minimum Gasteiger partial charge on any atom is -0.465 e. The second-order valence-corrected chi connectivity index (χ2v) is 7.83. The Morgan fingerprint density at radius 2 is 1.96 bits per heavy atom. The predicted molar refractivity (Wildman–Crippen MR) is 87.8 cm³/mol. The first kappa shape index (κ1) is 16.7. The summed E-state index contributed by atoms with van der Waals surface area (Å²) in [5.41, 5.74) is 0.961. The molecule has 1 heterocycles. The van der Waals surface area contributed by atoms with Gasteiger partial charge in [0.2, 0.25) is 0 Å². The van der Waals surface area contributed by atoms with Gasteiger partial charge >= 0.3 is 12.1 Å². The molecule has 0 unspecified atom stereocenters. The van der Waals surface area contributed by atoms with E-state index in [2.05, 4.69) is 10.3 Å². The molecular formula is C18H24N2O4. The number of pyridine rings is 1. The van der Waals surface area contributed by atoms with E-state index in [1.807, 2.05) is 26.8 Å². The number of nitrogens with one attached hydrogen (secondary N) is 1. The van der Waals surface area contributed by atoms with E-state index in [1.54, 1.807) is 12.3 Å². The Bertz CT molecular complexity index is 642. The Hall–Kier alpha value is -2.11. The zero-order chi connectivity index (χ0) is 17.5. The van der Waals surface area contributed by atoms with Gasteiger partial charge in [0.05, 0.1) is 12.7 Å². The van der Waals surface area contributed by atoms with Crippen molar-refractivity contribution in [3.05, 3.63) is 29.6 Å². The van der Waals surface area contributed by atoms with Gasteiger partial charge in [-0.3, -0.25) is 4.98 Å². The van der Waals surface area contributed by atoms with E-state index in [-0.39, 0.29) is 23.5 Å². The Labute approximate surface area is 141 Å². The van der Waals surface area contributed by atoms with Gasteiger partial charge in [-0.15, -0.1) is 0 Å². The van der Waals surface area contributed by atoms with Crippen molar-refractivity contribution < 1.29 is 19.1 Å². The normalized spacial score (nSPS) is 28.0. The zero-order valence-corrected chi connectivity index (χ0v) is 14.6. The summed E-state index contributed by atoms with van der Waals surface area (Å²) in [7, 11) is 1.36. The summed E-state index contributed by atoms with van der Waals surface area (Å²) in [5, 5.41) is 3.00. The van der Waals surface area contributed by atoms with Crippen molar-refractivity contribution in [2.75, 3.05) is 7.11 Å². The summed E-state index contributed by atoms with van der Waals surface area (Å²) in [5.74, 6) is 0.0912. The lowest BCUT2D eigenvalue weighted by Gasteiger charge is -2.37. The molecule has 1 aromatic rings. The SMILES string of the molecule is COC(=O)c1ccc([C@]23C[C@H](NC(=O)OC(C)(C)C)[C@H](C2)C3)nc1. The monoisotopic (exact) mass is 332 g/mol. The van der Waals surface area contributed by atoms with Crippen LogP contribution >= 0.6 is 0 Å². The number of carbonyl (C=O) groups excluding carboxylic acids is 2. The minimum atomic E-state index is -0.491. The van der Waals surface area contributed by atoms with Crippen molar-refractivity contribution in [3.63, 3.8) is 0 Å². The van der Waals surface area contributed by atoms with Gasteiger partial charge in [0.25, 0.3) is 0 Å². The van der Waals surface area contributed by atoms with Crippen LogP contribution in [0.25, 0.3) is 0 Å². The number of hydrogen-bond donors (Lipinski definition) is 1. The molecule has 4 rings (SSSR count). The Balaban J connectivity index is 1.64. The molecular weight excluding hydrogens is 308 g/mol. The Morgan fingerprint density at radius 3 is 2.50 bits per heavy atom. The minimum absolute atomic E-state index is 0.0129. The topological polar surface area (TPSA) is 77.5 Å². The Morgan fingerprint density at radius 1 is 1.25 bits per heavy atom. The number of esters is 1. The van der Waals surface area contributed by atoms with Gasteiger partial charge in [-0.25, -0.2) is 9.59 Å². The van der Waals surface area contributed by atoms with E-state index in [9.17, 15) is 9.59 Å². The molecule has 0 saturated heterocycles. The lowest BCUT2D eigenvalue weighted by Crippen LogP contribution is -2.40. The van der Waals surface area contributed by atoms with Gasteiger partial charge in [0.1, 0.15) is 5.60 Å². The van der Waals surface area contributed by atoms with Crippen molar-refractivity contribution in [2.45, 2.75) is 57.1 Å². The van der Waals surface area contributed by atoms with E-state index in [1.165, 1.54) is 7.11 Å². The smallest absolute Gasteiger partial charge is 0.407 e. The summed E-state index contributed by atoms with van der Waals surface area (Å²) in [6.07, 6.45) is 4.10. The summed E-state index contributed by atoms with van der Waals surface area (Å²) < 4.78 is 10.0. The summed E-state index contributed by atoms with van der Waals surface area (Å²) in [4.78, 5) is 27.9. The number of fused-ring (bicyclic) bond motifs is 1. The molecule has 0 aliphatic heterocycles. The van der Waals surface area contributed by atoms with Gasteiger partial charge in [-0.1, -0.05) is 0 Å². The first-order valence-electron chi connectivity index (χ1n) is 8.27. The van der Waals surface area contributed by atoms with Crippen molar-refractivity contribution in [3.8, 4) is 0 Å². The van der Waals surface area contributed by atoms with Crippen LogP contribution in [0.2, 0.25) is 0 Å². The van der Waals surface area contributed by atoms with Crippen molar-refractivity contribution in [2.24, 2.45) is 5.92 Å².